The number of carbonyl (C=O) groups excluding carboxylic acids is 1. The molecule has 0 saturated carbocycles. The molecule has 0 radical (unpaired) electrons. The van der Waals surface area contributed by atoms with Gasteiger partial charge in [0, 0.05) is 13.2 Å². The number of hydrogen-bond acceptors (Lipinski definition) is 4. The molecule has 21 heavy (non-hydrogen) atoms. The molecular formula is C13H12F4N2O2. The van der Waals surface area contributed by atoms with Crippen LogP contribution in [0.1, 0.15) is 22.1 Å². The number of rotatable bonds is 2. The number of allylic oxidation sites excluding steroid dienone is 1. The first kappa shape index (κ1) is 15.1. The van der Waals surface area contributed by atoms with Gasteiger partial charge in [0.1, 0.15) is 0 Å². The summed E-state index contributed by atoms with van der Waals surface area (Å²) in [6, 6.07) is 5.50. The average Bonchev–Trinajstić information content (AvgIpc) is 2.73. The van der Waals surface area contributed by atoms with Crippen LogP contribution in [0.3, 0.4) is 0 Å². The fourth-order valence-corrected chi connectivity index (χ4v) is 2.08. The van der Waals surface area contributed by atoms with E-state index in [0.29, 0.717) is 6.20 Å². The summed E-state index contributed by atoms with van der Waals surface area (Å²) in [7, 11) is 2.55. The fourth-order valence-electron chi connectivity index (χ4n) is 2.08. The lowest BCUT2D eigenvalue weighted by Crippen LogP contribution is -2.28. The third kappa shape index (κ3) is 2.79. The van der Waals surface area contributed by atoms with Crippen molar-refractivity contribution in [3.8, 4) is 0 Å². The van der Waals surface area contributed by atoms with E-state index in [4.69, 9.17) is 0 Å². The Labute approximate surface area is 118 Å². The number of ether oxygens (including phenoxy) is 1. The second-order valence-electron chi connectivity index (χ2n) is 4.48. The molecule has 0 saturated heterocycles. The highest BCUT2D eigenvalue weighted by Gasteiger charge is 2.46. The molecule has 0 aromatic heterocycles. The van der Waals surface area contributed by atoms with Crippen LogP contribution in [0.5, 0.6) is 0 Å². The van der Waals surface area contributed by atoms with Crippen molar-refractivity contribution in [2.45, 2.75) is 12.3 Å². The van der Waals surface area contributed by atoms with E-state index in [1.165, 1.54) is 38.4 Å². The molecular weight excluding hydrogens is 292 g/mol. The highest BCUT2D eigenvalue weighted by atomic mass is 19.4. The minimum Gasteiger partial charge on any atom is -0.465 e. The van der Waals surface area contributed by atoms with Gasteiger partial charge in [-0.25, -0.2) is 4.79 Å². The van der Waals surface area contributed by atoms with Gasteiger partial charge in [-0.05, 0) is 17.7 Å². The van der Waals surface area contributed by atoms with Crippen LogP contribution in [0.4, 0.5) is 17.7 Å². The van der Waals surface area contributed by atoms with E-state index < -0.39 is 24.0 Å². The molecule has 1 aromatic rings. The number of alkyl halides is 3. The third-order valence-corrected chi connectivity index (χ3v) is 3.08. The average molecular weight is 304 g/mol. The minimum atomic E-state index is -4.77. The molecule has 0 aliphatic carbocycles. The maximum Gasteiger partial charge on any atom is 0.435 e. The summed E-state index contributed by atoms with van der Waals surface area (Å²) in [4.78, 5) is 12.4. The zero-order valence-electron chi connectivity index (χ0n) is 11.2. The number of carbonyl (C=O) groups is 1. The number of benzene rings is 1. The molecule has 4 nitrogen and oxygen atoms in total. The van der Waals surface area contributed by atoms with Crippen molar-refractivity contribution in [3.05, 3.63) is 47.3 Å². The van der Waals surface area contributed by atoms with E-state index in [2.05, 4.69) is 4.74 Å². The monoisotopic (exact) mass is 304 g/mol. The van der Waals surface area contributed by atoms with Crippen LogP contribution < -0.4 is 0 Å². The lowest BCUT2D eigenvalue weighted by molar-refractivity contribution is -0.144. The molecule has 1 unspecified atom stereocenters. The largest absolute Gasteiger partial charge is 0.465 e. The van der Waals surface area contributed by atoms with Gasteiger partial charge in [-0.15, -0.1) is 0 Å². The summed E-state index contributed by atoms with van der Waals surface area (Å²) in [6.07, 6.45) is -5.31. The standard InChI is InChI=1S/C13H12F4N2O2/c1-18-7-10(13(14,15)16)19(17)11(18)8-3-5-9(6-4-8)12(20)21-2/h3-7,11H,1-2H3. The first-order valence-corrected chi connectivity index (χ1v) is 5.90. The van der Waals surface area contributed by atoms with Gasteiger partial charge in [-0.2, -0.15) is 18.3 Å². The second-order valence-corrected chi connectivity index (χ2v) is 4.48. The van der Waals surface area contributed by atoms with Gasteiger partial charge in [0.15, 0.2) is 11.9 Å². The van der Waals surface area contributed by atoms with E-state index >= 15 is 0 Å². The van der Waals surface area contributed by atoms with Crippen molar-refractivity contribution in [2.75, 3.05) is 14.2 Å². The second kappa shape index (κ2) is 5.27. The first-order chi connectivity index (χ1) is 9.75. The quantitative estimate of drug-likeness (QED) is 0.478. The van der Waals surface area contributed by atoms with E-state index in [1.807, 2.05) is 0 Å². The third-order valence-electron chi connectivity index (χ3n) is 3.08. The zero-order chi connectivity index (χ0) is 15.8. The number of esters is 1. The maximum absolute atomic E-state index is 13.9. The Bertz CT molecular complexity index is 569. The lowest BCUT2D eigenvalue weighted by atomic mass is 10.1. The Hall–Kier alpha value is -2.25. The fraction of sp³-hybridized carbons (Fsp3) is 0.308. The van der Waals surface area contributed by atoms with E-state index in [0.717, 1.165) is 4.90 Å². The zero-order valence-corrected chi connectivity index (χ0v) is 11.2. The van der Waals surface area contributed by atoms with E-state index in [1.54, 1.807) is 0 Å². The van der Waals surface area contributed by atoms with Gasteiger partial charge in [0.05, 0.1) is 12.7 Å². The van der Waals surface area contributed by atoms with Gasteiger partial charge in [-0.1, -0.05) is 16.6 Å². The Morgan fingerprint density at radius 2 is 1.81 bits per heavy atom. The van der Waals surface area contributed by atoms with Gasteiger partial charge in [0.2, 0.25) is 0 Å². The van der Waals surface area contributed by atoms with Crippen LogP contribution in [-0.4, -0.2) is 36.3 Å². The normalized spacial score (nSPS) is 18.8. The van der Waals surface area contributed by atoms with Crippen molar-refractivity contribution >= 4 is 5.97 Å². The Kier molecular flexibility index (Phi) is 3.80. The van der Waals surface area contributed by atoms with Crippen LogP contribution >= 0.6 is 0 Å². The van der Waals surface area contributed by atoms with Gasteiger partial charge in [-0.3, -0.25) is 0 Å². The van der Waals surface area contributed by atoms with Gasteiger partial charge < -0.3 is 9.64 Å². The van der Waals surface area contributed by atoms with E-state index in [9.17, 15) is 22.4 Å². The Morgan fingerprint density at radius 3 is 2.24 bits per heavy atom. The summed E-state index contributed by atoms with van der Waals surface area (Å²) in [5.74, 6) is -0.576. The number of methoxy groups -OCH3 is 1. The van der Waals surface area contributed by atoms with Gasteiger partial charge in [0.25, 0.3) is 0 Å². The number of hydrogen-bond donors (Lipinski definition) is 0. The first-order valence-electron chi connectivity index (χ1n) is 5.90. The predicted octanol–water partition coefficient (Wildman–Crippen LogP) is 3.01. The van der Waals surface area contributed by atoms with Crippen LogP contribution in [0.2, 0.25) is 0 Å². The van der Waals surface area contributed by atoms with Gasteiger partial charge >= 0.3 is 12.1 Å². The SMILES string of the molecule is COC(=O)c1ccc(C2N(C)C=C(C(F)(F)F)N2F)cc1. The van der Waals surface area contributed by atoms with Crippen molar-refractivity contribution in [2.24, 2.45) is 0 Å². The van der Waals surface area contributed by atoms with Crippen molar-refractivity contribution in [3.63, 3.8) is 0 Å². The van der Waals surface area contributed by atoms with Crippen molar-refractivity contribution in [1.29, 1.82) is 0 Å². The van der Waals surface area contributed by atoms with Crippen molar-refractivity contribution in [1.82, 2.24) is 10.0 Å². The highest BCUT2D eigenvalue weighted by molar-refractivity contribution is 5.89. The predicted molar refractivity (Wildman–Crippen MR) is 65.4 cm³/mol. The van der Waals surface area contributed by atoms with Crippen LogP contribution in [-0.2, 0) is 4.74 Å². The topological polar surface area (TPSA) is 32.8 Å². The highest BCUT2D eigenvalue weighted by Crippen LogP contribution is 2.41. The molecule has 1 aliphatic rings. The molecule has 2 rings (SSSR count). The summed E-state index contributed by atoms with van der Waals surface area (Å²) < 4.78 is 56.4. The van der Waals surface area contributed by atoms with Crippen LogP contribution in [0.15, 0.2) is 36.2 Å². The molecule has 8 heteroatoms. The molecule has 1 aliphatic heterocycles. The number of halogens is 4. The maximum atomic E-state index is 13.9. The summed E-state index contributed by atoms with van der Waals surface area (Å²) in [6.45, 7) is 0. The lowest BCUT2D eigenvalue weighted by Gasteiger charge is -2.25. The molecule has 0 fully saturated rings. The summed E-state index contributed by atoms with van der Waals surface area (Å²) in [5.41, 5.74) is -0.855. The van der Waals surface area contributed by atoms with E-state index in [-0.39, 0.29) is 16.2 Å². The van der Waals surface area contributed by atoms with Crippen molar-refractivity contribution < 1.29 is 27.2 Å². The Morgan fingerprint density at radius 1 is 1.24 bits per heavy atom. The molecule has 0 amide bonds. The molecule has 1 aromatic carbocycles. The molecule has 0 bridgehead atoms. The molecule has 0 spiro atoms. The van der Waals surface area contributed by atoms with Crippen LogP contribution in [0.25, 0.3) is 0 Å². The molecule has 0 N–H and O–H groups in total. The van der Waals surface area contributed by atoms with Crippen LogP contribution in [0, 0.1) is 0 Å². The Balaban J connectivity index is 2.26. The molecule has 1 atom stereocenters. The molecule has 114 valence electrons. The summed E-state index contributed by atoms with van der Waals surface area (Å²) in [5, 5.41) is -0.340. The summed E-state index contributed by atoms with van der Waals surface area (Å²) >= 11 is 0. The smallest absolute Gasteiger partial charge is 0.435 e. The molecule has 1 heterocycles. The minimum absolute atomic E-state index is 0.233. The number of nitrogens with zero attached hydrogens (tertiary/aromatic N) is 2.